The predicted octanol–water partition coefficient (Wildman–Crippen LogP) is -2.03. The van der Waals surface area contributed by atoms with E-state index in [0.29, 0.717) is 0 Å². The molecule has 0 bridgehead atoms. The van der Waals surface area contributed by atoms with Crippen LogP contribution in [0.3, 0.4) is 0 Å². The normalized spacial score (nSPS) is 0. The summed E-state index contributed by atoms with van der Waals surface area (Å²) in [7, 11) is 0. The van der Waals surface area contributed by atoms with E-state index in [1.54, 1.807) is 0 Å². The van der Waals surface area contributed by atoms with Crippen LogP contribution in [-0.2, 0) is 16.8 Å². The number of halogens is 1. The number of hydrogen-bond acceptors (Lipinski definition) is 6. The van der Waals surface area contributed by atoms with Gasteiger partial charge in [0.05, 0.1) is 0 Å². The van der Waals surface area contributed by atoms with Crippen LogP contribution in [0.25, 0.3) is 0 Å². The van der Waals surface area contributed by atoms with Crippen LogP contribution in [0.1, 0.15) is 0 Å². The van der Waals surface area contributed by atoms with Crippen molar-refractivity contribution < 1.29 is 33.8 Å². The summed E-state index contributed by atoms with van der Waals surface area (Å²) >= 11 is 0. The van der Waals surface area contributed by atoms with E-state index >= 15 is 0 Å². The van der Waals surface area contributed by atoms with Crippen molar-refractivity contribution in [2.45, 2.75) is 0 Å². The fourth-order valence-corrected chi connectivity index (χ4v) is 0. The van der Waals surface area contributed by atoms with Crippen LogP contribution in [0.4, 0.5) is 0 Å². The average Bonchev–Trinajstić information content (AvgIpc) is 0. The van der Waals surface area contributed by atoms with Crippen molar-refractivity contribution in [2.75, 3.05) is 0 Å². The standard InChI is InChI=1S/BrH.Co.6H3N/h1H;;6*1H3/q;+3;;;;;;/p-1. The molecule has 0 aromatic heterocycles. The summed E-state index contributed by atoms with van der Waals surface area (Å²) in [5.41, 5.74) is 0. The van der Waals surface area contributed by atoms with Crippen molar-refractivity contribution in [1.82, 2.24) is 36.9 Å². The van der Waals surface area contributed by atoms with Crippen molar-refractivity contribution in [2.24, 2.45) is 0 Å². The first-order valence-electron chi connectivity index (χ1n) is 0. The molecule has 0 aliphatic rings. The Hall–Kier alpha value is 0.746. The summed E-state index contributed by atoms with van der Waals surface area (Å²) in [5.74, 6) is 0. The molecule has 6 nitrogen and oxygen atoms in total. The second-order valence-electron chi connectivity index (χ2n) is 0. The maximum Gasteiger partial charge on any atom is 3.00 e. The molecule has 8 heteroatoms. The molecule has 0 heterocycles. The summed E-state index contributed by atoms with van der Waals surface area (Å²) in [5, 5.41) is 0. The van der Waals surface area contributed by atoms with E-state index in [1.807, 2.05) is 0 Å². The summed E-state index contributed by atoms with van der Waals surface area (Å²) in [6.45, 7) is 0. The Labute approximate surface area is 71.0 Å². The Morgan fingerprint density at radius 3 is 0.375 bits per heavy atom. The van der Waals surface area contributed by atoms with Gasteiger partial charge in [-0.05, 0) is 0 Å². The van der Waals surface area contributed by atoms with Gasteiger partial charge in [-0.2, -0.15) is 0 Å². The Kier molecular flexibility index (Phi) is 74500. The van der Waals surface area contributed by atoms with Gasteiger partial charge >= 0.3 is 16.8 Å². The van der Waals surface area contributed by atoms with Crippen LogP contribution < -0.4 is 53.9 Å². The van der Waals surface area contributed by atoms with Crippen molar-refractivity contribution in [1.29, 1.82) is 0 Å². The second kappa shape index (κ2) is 633. The summed E-state index contributed by atoms with van der Waals surface area (Å²) in [4.78, 5) is 0. The molecule has 0 saturated heterocycles. The molecule has 0 unspecified atom stereocenters. The van der Waals surface area contributed by atoms with E-state index < -0.39 is 0 Å². The van der Waals surface area contributed by atoms with E-state index in [9.17, 15) is 0 Å². The van der Waals surface area contributed by atoms with Crippen molar-refractivity contribution in [3.8, 4) is 0 Å². The quantitative estimate of drug-likeness (QED) is 0.281. The predicted molar refractivity (Wildman–Crippen MR) is 30.1 cm³/mol. The zero-order valence-corrected chi connectivity index (χ0v) is 7.58. The van der Waals surface area contributed by atoms with Gasteiger partial charge < -0.3 is 53.9 Å². The van der Waals surface area contributed by atoms with Gasteiger partial charge in [0.25, 0.3) is 0 Å². The van der Waals surface area contributed by atoms with Crippen molar-refractivity contribution in [3.63, 3.8) is 0 Å². The first-order chi connectivity index (χ1) is 0. The molecule has 0 atom stereocenters. The number of hydrogen-bond donors (Lipinski definition) is 6. The van der Waals surface area contributed by atoms with E-state index in [1.165, 1.54) is 0 Å². The van der Waals surface area contributed by atoms with Gasteiger partial charge in [0.2, 0.25) is 0 Å². The average molecular weight is 241 g/mol. The van der Waals surface area contributed by atoms with Crippen molar-refractivity contribution >= 4 is 0 Å². The van der Waals surface area contributed by atoms with Crippen molar-refractivity contribution in [3.05, 3.63) is 0 Å². The minimum absolute atomic E-state index is 0. The Morgan fingerprint density at radius 1 is 0.375 bits per heavy atom. The monoisotopic (exact) mass is 240 g/mol. The first kappa shape index (κ1) is 942. The van der Waals surface area contributed by atoms with Crippen LogP contribution >= 0.6 is 0 Å². The second-order valence-corrected chi connectivity index (χ2v) is 0. The molecule has 18 N–H and O–H groups in total. The Bertz CT molecular complexity index is 8.49. The largest absolute Gasteiger partial charge is 3.00 e. The maximum absolute atomic E-state index is 0. The van der Waals surface area contributed by atoms with Crippen LogP contribution in [0.2, 0.25) is 0 Å². The molecule has 0 aliphatic heterocycles. The Morgan fingerprint density at radius 2 is 0.375 bits per heavy atom. The molecule has 62 valence electrons. The molecule has 0 saturated carbocycles. The smallest absolute Gasteiger partial charge is 1.00 e. The van der Waals surface area contributed by atoms with Gasteiger partial charge in [-0.3, -0.25) is 0 Å². The zero-order chi connectivity index (χ0) is 0. The molecule has 8 heavy (non-hydrogen) atoms. The third-order valence-electron chi connectivity index (χ3n) is 0. The summed E-state index contributed by atoms with van der Waals surface area (Å²) < 4.78 is 0. The zero-order valence-electron chi connectivity index (χ0n) is 4.95. The van der Waals surface area contributed by atoms with Crippen LogP contribution in [-0.4, -0.2) is 0 Å². The van der Waals surface area contributed by atoms with Crippen LogP contribution in [0, 0.1) is 0 Å². The topological polar surface area (TPSA) is 210 Å². The molecule has 0 aromatic rings. The van der Waals surface area contributed by atoms with Crippen LogP contribution in [0.5, 0.6) is 0 Å². The molecule has 0 radical (unpaired) electrons. The minimum atomic E-state index is 0. The fraction of sp³-hybridized carbons (Fsp3) is 0. The summed E-state index contributed by atoms with van der Waals surface area (Å²) in [6.07, 6.45) is 0. The van der Waals surface area contributed by atoms with Gasteiger partial charge in [0.15, 0.2) is 0 Å². The minimum Gasteiger partial charge on any atom is -1.00 e. The molecule has 0 fully saturated rings. The SMILES string of the molecule is N.N.N.N.N.N.[Br-].[Co+3]. The molecule has 0 spiro atoms. The van der Waals surface area contributed by atoms with Gasteiger partial charge in [0.1, 0.15) is 0 Å². The molecular formula is H18BrCoN6+2. The Balaban J connectivity index is 0. The maximum atomic E-state index is 0. The first-order valence-corrected chi connectivity index (χ1v) is 0. The van der Waals surface area contributed by atoms with Gasteiger partial charge in [0, 0.05) is 0 Å². The van der Waals surface area contributed by atoms with Gasteiger partial charge in [-0.1, -0.05) is 0 Å². The van der Waals surface area contributed by atoms with E-state index in [2.05, 4.69) is 0 Å². The van der Waals surface area contributed by atoms with Gasteiger partial charge in [-0.25, -0.2) is 0 Å². The third-order valence-corrected chi connectivity index (χ3v) is 0. The molecule has 0 aromatic carbocycles. The van der Waals surface area contributed by atoms with E-state index in [0.717, 1.165) is 0 Å². The summed E-state index contributed by atoms with van der Waals surface area (Å²) in [6, 6.07) is 0. The molecule has 0 rings (SSSR count). The third kappa shape index (κ3) is 400. The number of rotatable bonds is 0. The fourth-order valence-electron chi connectivity index (χ4n) is 0. The molecule has 0 amide bonds. The molecular weight excluding hydrogens is 223 g/mol. The van der Waals surface area contributed by atoms with Gasteiger partial charge in [-0.15, -0.1) is 0 Å². The van der Waals surface area contributed by atoms with E-state index in [-0.39, 0.29) is 70.7 Å². The molecule has 0 aliphatic carbocycles. The van der Waals surface area contributed by atoms with E-state index in [4.69, 9.17) is 0 Å². The van der Waals surface area contributed by atoms with Crippen LogP contribution in [0.15, 0.2) is 0 Å².